The van der Waals surface area contributed by atoms with E-state index >= 15 is 0 Å². The van der Waals surface area contributed by atoms with Crippen molar-refractivity contribution in [1.29, 1.82) is 0 Å². The van der Waals surface area contributed by atoms with Gasteiger partial charge in [0.1, 0.15) is 0 Å². The van der Waals surface area contributed by atoms with Crippen molar-refractivity contribution >= 4 is 8.80 Å². The second-order valence-electron chi connectivity index (χ2n) is 3.56. The van der Waals surface area contributed by atoms with E-state index in [1.54, 1.807) is 0 Å². The Hall–Kier alpha value is 0.217. The van der Waals surface area contributed by atoms with Gasteiger partial charge in [0, 0.05) is 8.80 Å². The fourth-order valence-electron chi connectivity index (χ4n) is 0.433. The first kappa shape index (κ1) is 8.22. The summed E-state index contributed by atoms with van der Waals surface area (Å²) >= 11 is 0. The maximum absolute atomic E-state index is 3.91. The second-order valence-corrected chi connectivity index (χ2v) is 7.67. The minimum absolute atomic E-state index is 0.481. The minimum Gasteiger partial charge on any atom is -0.0716 e. The lowest BCUT2D eigenvalue weighted by atomic mass is 10.2. The standard InChI is InChI=1S/C7H17Si/c1-6-8(5)7(2,3)4/h8H,1,6H2,2-5H3. The lowest BCUT2D eigenvalue weighted by molar-refractivity contribution is 0.737. The van der Waals surface area contributed by atoms with E-state index < -0.39 is 8.80 Å². The van der Waals surface area contributed by atoms with Gasteiger partial charge < -0.3 is 0 Å². The molecule has 0 bridgehead atoms. The van der Waals surface area contributed by atoms with E-state index in [2.05, 4.69) is 34.2 Å². The molecule has 0 N–H and O–H groups in total. The highest BCUT2D eigenvalue weighted by atomic mass is 28.3. The summed E-state index contributed by atoms with van der Waals surface area (Å²) in [5.74, 6) is 0. The fraction of sp³-hybridized carbons (Fsp3) is 0.857. The van der Waals surface area contributed by atoms with Gasteiger partial charge in [-0.3, -0.25) is 0 Å². The maximum Gasteiger partial charge on any atom is 0.0392 e. The summed E-state index contributed by atoms with van der Waals surface area (Å²) in [7, 11) is -0.481. The molecule has 0 fully saturated rings. The number of rotatable bonds is 1. The van der Waals surface area contributed by atoms with Crippen LogP contribution in [-0.2, 0) is 0 Å². The van der Waals surface area contributed by atoms with Crippen LogP contribution < -0.4 is 0 Å². The Kier molecular flexibility index (Phi) is 2.74. The minimum atomic E-state index is -0.481. The van der Waals surface area contributed by atoms with Crippen molar-refractivity contribution in [3.05, 3.63) is 6.92 Å². The number of hydrogen-bond donors (Lipinski definition) is 0. The monoisotopic (exact) mass is 129 g/mol. The average Bonchev–Trinajstić information content (AvgIpc) is 1.62. The van der Waals surface area contributed by atoms with Gasteiger partial charge in [-0.05, 0) is 5.04 Å². The van der Waals surface area contributed by atoms with Crippen molar-refractivity contribution in [2.45, 2.75) is 38.4 Å². The average molecular weight is 129 g/mol. The van der Waals surface area contributed by atoms with E-state index in [-0.39, 0.29) is 0 Å². The van der Waals surface area contributed by atoms with Crippen molar-refractivity contribution in [3.8, 4) is 0 Å². The highest BCUT2D eigenvalue weighted by Gasteiger charge is 2.18. The van der Waals surface area contributed by atoms with Crippen LogP contribution in [-0.4, -0.2) is 8.80 Å². The molecule has 49 valence electrons. The van der Waals surface area contributed by atoms with Crippen molar-refractivity contribution in [2.75, 3.05) is 0 Å². The van der Waals surface area contributed by atoms with E-state index in [1.807, 2.05) is 0 Å². The Morgan fingerprint density at radius 2 is 1.75 bits per heavy atom. The Morgan fingerprint density at radius 3 is 1.75 bits per heavy atom. The third-order valence-electron chi connectivity index (χ3n) is 1.91. The molecular formula is C7H17Si. The van der Waals surface area contributed by atoms with E-state index in [0.717, 1.165) is 0 Å². The summed E-state index contributed by atoms with van der Waals surface area (Å²) < 4.78 is 0. The van der Waals surface area contributed by atoms with Crippen LogP contribution in [0.2, 0.25) is 17.6 Å². The van der Waals surface area contributed by atoms with E-state index in [9.17, 15) is 0 Å². The van der Waals surface area contributed by atoms with Gasteiger partial charge in [-0.1, -0.05) is 40.3 Å². The van der Waals surface area contributed by atoms with Gasteiger partial charge in [0.25, 0.3) is 0 Å². The van der Waals surface area contributed by atoms with Crippen LogP contribution in [0.1, 0.15) is 20.8 Å². The molecule has 0 amide bonds. The highest BCUT2D eigenvalue weighted by Crippen LogP contribution is 2.28. The van der Waals surface area contributed by atoms with E-state index in [0.29, 0.717) is 5.04 Å². The predicted octanol–water partition coefficient (Wildman–Crippen LogP) is 2.48. The van der Waals surface area contributed by atoms with Crippen LogP contribution in [0.5, 0.6) is 0 Å². The highest BCUT2D eigenvalue weighted by molar-refractivity contribution is 6.60. The molecule has 1 radical (unpaired) electrons. The topological polar surface area (TPSA) is 0 Å². The first-order chi connectivity index (χ1) is 3.48. The fourth-order valence-corrected chi connectivity index (χ4v) is 1.30. The summed E-state index contributed by atoms with van der Waals surface area (Å²) in [4.78, 5) is 0. The molecular weight excluding hydrogens is 112 g/mol. The van der Waals surface area contributed by atoms with Gasteiger partial charge in [-0.25, -0.2) is 0 Å². The molecule has 0 aromatic carbocycles. The molecule has 0 heterocycles. The molecule has 0 spiro atoms. The van der Waals surface area contributed by atoms with Crippen LogP contribution in [0.4, 0.5) is 0 Å². The maximum atomic E-state index is 3.91. The van der Waals surface area contributed by atoms with E-state index in [4.69, 9.17) is 0 Å². The third-order valence-corrected chi connectivity index (χ3v) is 5.73. The Labute approximate surface area is 54.9 Å². The van der Waals surface area contributed by atoms with Gasteiger partial charge in [0.05, 0.1) is 0 Å². The normalized spacial score (nSPS) is 16.1. The first-order valence-corrected chi connectivity index (χ1v) is 5.82. The predicted molar refractivity (Wildman–Crippen MR) is 42.9 cm³/mol. The zero-order valence-corrected chi connectivity index (χ0v) is 7.65. The molecule has 8 heavy (non-hydrogen) atoms. The molecule has 0 saturated carbocycles. The molecule has 0 nitrogen and oxygen atoms in total. The summed E-state index contributed by atoms with van der Waals surface area (Å²) in [6.45, 7) is 13.2. The summed E-state index contributed by atoms with van der Waals surface area (Å²) in [6, 6.07) is 1.18. The van der Waals surface area contributed by atoms with Crippen molar-refractivity contribution in [3.63, 3.8) is 0 Å². The molecule has 1 unspecified atom stereocenters. The lowest BCUT2D eigenvalue weighted by Gasteiger charge is -2.24. The molecule has 1 atom stereocenters. The Balaban J connectivity index is 3.62. The van der Waals surface area contributed by atoms with Crippen molar-refractivity contribution in [2.24, 2.45) is 0 Å². The molecule has 0 rings (SSSR count). The van der Waals surface area contributed by atoms with Gasteiger partial charge in [0.2, 0.25) is 0 Å². The molecule has 0 aromatic rings. The van der Waals surface area contributed by atoms with Crippen LogP contribution >= 0.6 is 0 Å². The van der Waals surface area contributed by atoms with Crippen LogP contribution in [0, 0.1) is 6.92 Å². The van der Waals surface area contributed by atoms with Crippen molar-refractivity contribution < 1.29 is 0 Å². The summed E-state index contributed by atoms with van der Waals surface area (Å²) in [6.07, 6.45) is 0. The largest absolute Gasteiger partial charge is 0.0716 e. The molecule has 0 aromatic heterocycles. The van der Waals surface area contributed by atoms with Gasteiger partial charge in [0.15, 0.2) is 0 Å². The zero-order chi connectivity index (χ0) is 6.78. The summed E-state index contributed by atoms with van der Waals surface area (Å²) in [5.41, 5.74) is 0. The second kappa shape index (κ2) is 2.67. The smallest absolute Gasteiger partial charge is 0.0392 e. The Bertz CT molecular complexity index is 61.3. The van der Waals surface area contributed by atoms with Gasteiger partial charge in [-0.15, -0.1) is 0 Å². The molecule has 0 aliphatic heterocycles. The van der Waals surface area contributed by atoms with Gasteiger partial charge in [-0.2, -0.15) is 0 Å². The summed E-state index contributed by atoms with van der Waals surface area (Å²) in [5, 5.41) is 0.585. The molecule has 0 aliphatic carbocycles. The van der Waals surface area contributed by atoms with Crippen LogP contribution in [0.25, 0.3) is 0 Å². The van der Waals surface area contributed by atoms with Crippen LogP contribution in [0.15, 0.2) is 0 Å². The molecule has 0 saturated heterocycles. The SMILES string of the molecule is [CH2]C[SiH](C)C(C)(C)C. The van der Waals surface area contributed by atoms with Crippen molar-refractivity contribution in [1.82, 2.24) is 0 Å². The first-order valence-electron chi connectivity index (χ1n) is 3.27. The van der Waals surface area contributed by atoms with Crippen LogP contribution in [0.3, 0.4) is 0 Å². The Morgan fingerprint density at radius 1 is 1.38 bits per heavy atom. The van der Waals surface area contributed by atoms with Gasteiger partial charge >= 0.3 is 0 Å². The third kappa shape index (κ3) is 2.51. The number of hydrogen-bond acceptors (Lipinski definition) is 0. The molecule has 1 heteroatoms. The molecule has 0 aliphatic rings. The lowest BCUT2D eigenvalue weighted by Crippen LogP contribution is -2.19. The zero-order valence-electron chi connectivity index (χ0n) is 6.49. The quantitative estimate of drug-likeness (QED) is 0.477. The van der Waals surface area contributed by atoms with E-state index in [1.165, 1.54) is 6.04 Å².